The monoisotopic (exact) mass is 450 g/mol. The molecule has 1 atom stereocenters. The quantitative estimate of drug-likeness (QED) is 0.202. The number of hydrogen-bond acceptors (Lipinski definition) is 6. The largest absolute Gasteiger partial charge is 0.465 e. The molecule has 0 bridgehead atoms. The molecule has 0 radical (unpaired) electrons. The molecule has 9 heteroatoms. The van der Waals surface area contributed by atoms with Crippen molar-refractivity contribution in [1.82, 2.24) is 9.78 Å². The maximum atomic E-state index is 13.3. The van der Waals surface area contributed by atoms with E-state index in [2.05, 4.69) is 5.10 Å². The number of nitro benzene ring substituents is 1. The van der Waals surface area contributed by atoms with E-state index in [1.165, 1.54) is 6.07 Å². The topological polar surface area (TPSA) is 108 Å². The third-order valence-corrected chi connectivity index (χ3v) is 5.17. The highest BCUT2D eigenvalue weighted by Gasteiger charge is 2.32. The van der Waals surface area contributed by atoms with Crippen molar-refractivity contribution in [3.8, 4) is 0 Å². The molecule has 1 amide bonds. The normalized spacial score (nSPS) is 11.6. The molecular formula is C24H26N4O5. The van der Waals surface area contributed by atoms with Crippen LogP contribution in [0.2, 0.25) is 0 Å². The number of aromatic nitrogens is 2. The van der Waals surface area contributed by atoms with E-state index in [9.17, 15) is 19.7 Å². The van der Waals surface area contributed by atoms with E-state index in [0.717, 1.165) is 0 Å². The minimum atomic E-state index is -1.03. The molecule has 9 nitrogen and oxygen atoms in total. The van der Waals surface area contributed by atoms with E-state index in [-0.39, 0.29) is 31.2 Å². The van der Waals surface area contributed by atoms with E-state index in [0.29, 0.717) is 23.4 Å². The Morgan fingerprint density at radius 2 is 1.82 bits per heavy atom. The summed E-state index contributed by atoms with van der Waals surface area (Å²) in [7, 11) is 0. The van der Waals surface area contributed by atoms with Gasteiger partial charge in [-0.25, -0.2) is 0 Å². The number of carbonyl (C=O) groups is 2. The average Bonchev–Trinajstić information content (AvgIpc) is 3.26. The Balaban J connectivity index is 1.82. The molecule has 172 valence electrons. The van der Waals surface area contributed by atoms with Gasteiger partial charge in [0.15, 0.2) is 0 Å². The molecule has 1 unspecified atom stereocenters. The number of amides is 1. The fourth-order valence-electron chi connectivity index (χ4n) is 3.61. The molecule has 0 aliphatic rings. The number of para-hydroxylation sites is 2. The van der Waals surface area contributed by atoms with Gasteiger partial charge in [-0.1, -0.05) is 36.4 Å². The van der Waals surface area contributed by atoms with E-state index >= 15 is 0 Å². The van der Waals surface area contributed by atoms with Crippen LogP contribution >= 0.6 is 0 Å². The Morgan fingerprint density at radius 1 is 1.12 bits per heavy atom. The van der Waals surface area contributed by atoms with Crippen molar-refractivity contribution in [1.29, 1.82) is 0 Å². The summed E-state index contributed by atoms with van der Waals surface area (Å²) < 4.78 is 6.74. The summed E-state index contributed by atoms with van der Waals surface area (Å²) in [4.78, 5) is 38.4. The predicted molar refractivity (Wildman–Crippen MR) is 123 cm³/mol. The van der Waals surface area contributed by atoms with Crippen LogP contribution in [0.4, 0.5) is 11.4 Å². The Bertz CT molecular complexity index is 1110. The molecule has 0 N–H and O–H groups in total. The van der Waals surface area contributed by atoms with Gasteiger partial charge in [-0.15, -0.1) is 0 Å². The van der Waals surface area contributed by atoms with E-state index < -0.39 is 16.8 Å². The van der Waals surface area contributed by atoms with E-state index in [1.54, 1.807) is 47.1 Å². The van der Waals surface area contributed by atoms with Crippen LogP contribution in [0.25, 0.3) is 0 Å². The zero-order chi connectivity index (χ0) is 23.8. The first-order chi connectivity index (χ1) is 15.9. The smallest absolute Gasteiger partial charge is 0.318 e. The number of ether oxygens (including phenoxy) is 1. The number of anilines is 1. The van der Waals surface area contributed by atoms with E-state index in [1.807, 2.05) is 37.3 Å². The molecular weight excluding hydrogens is 424 g/mol. The summed E-state index contributed by atoms with van der Waals surface area (Å²) in [6, 6.07) is 15.6. The van der Waals surface area contributed by atoms with Crippen LogP contribution in [-0.2, 0) is 27.3 Å². The van der Waals surface area contributed by atoms with Crippen LogP contribution in [0.5, 0.6) is 0 Å². The van der Waals surface area contributed by atoms with Gasteiger partial charge in [0.1, 0.15) is 5.92 Å². The van der Waals surface area contributed by atoms with Crippen LogP contribution < -0.4 is 4.90 Å². The number of esters is 1. The van der Waals surface area contributed by atoms with Gasteiger partial charge in [-0.3, -0.25) is 24.4 Å². The Kier molecular flexibility index (Phi) is 7.91. The zero-order valence-corrected chi connectivity index (χ0v) is 18.6. The summed E-state index contributed by atoms with van der Waals surface area (Å²) >= 11 is 0. The van der Waals surface area contributed by atoms with Crippen LogP contribution in [0.3, 0.4) is 0 Å². The molecule has 0 aliphatic carbocycles. The molecule has 0 fully saturated rings. The SMILES string of the molecule is CCOC(=O)C(Cc1cnn(Cc2ccccc2[N+](=O)[O-])c1)C(=O)N(CC)c1ccccc1. The van der Waals surface area contributed by atoms with Crippen molar-refractivity contribution in [2.45, 2.75) is 26.8 Å². The molecule has 0 spiro atoms. The maximum Gasteiger partial charge on any atom is 0.318 e. The number of carbonyl (C=O) groups excluding carboxylic acids is 2. The summed E-state index contributed by atoms with van der Waals surface area (Å²) in [5.74, 6) is -1.98. The second kappa shape index (κ2) is 11.0. The van der Waals surface area contributed by atoms with Gasteiger partial charge < -0.3 is 9.64 Å². The predicted octanol–water partition coefficient (Wildman–Crippen LogP) is 3.61. The first kappa shape index (κ1) is 23.6. The van der Waals surface area contributed by atoms with Crippen molar-refractivity contribution in [2.75, 3.05) is 18.1 Å². The highest BCUT2D eigenvalue weighted by molar-refractivity contribution is 6.06. The van der Waals surface area contributed by atoms with Gasteiger partial charge in [0, 0.05) is 24.5 Å². The van der Waals surface area contributed by atoms with Crippen LogP contribution in [-0.4, -0.2) is 39.7 Å². The second-order valence-corrected chi connectivity index (χ2v) is 7.36. The Morgan fingerprint density at radius 3 is 2.48 bits per heavy atom. The molecule has 0 saturated heterocycles. The van der Waals surface area contributed by atoms with Crippen molar-refractivity contribution < 1.29 is 19.2 Å². The summed E-state index contributed by atoms with van der Waals surface area (Å²) in [6.45, 7) is 4.30. The van der Waals surface area contributed by atoms with Crippen LogP contribution in [0.15, 0.2) is 67.0 Å². The number of nitrogens with zero attached hydrogens (tertiary/aromatic N) is 4. The van der Waals surface area contributed by atoms with Gasteiger partial charge in [0.05, 0.1) is 29.8 Å². The van der Waals surface area contributed by atoms with Crippen molar-refractivity contribution in [3.63, 3.8) is 0 Å². The molecule has 3 rings (SSSR count). The highest BCUT2D eigenvalue weighted by Crippen LogP contribution is 2.21. The van der Waals surface area contributed by atoms with Gasteiger partial charge in [0.2, 0.25) is 5.91 Å². The van der Waals surface area contributed by atoms with E-state index in [4.69, 9.17) is 4.74 Å². The number of benzene rings is 2. The molecule has 33 heavy (non-hydrogen) atoms. The fourth-order valence-corrected chi connectivity index (χ4v) is 3.61. The lowest BCUT2D eigenvalue weighted by molar-refractivity contribution is -0.385. The zero-order valence-electron chi connectivity index (χ0n) is 18.6. The lowest BCUT2D eigenvalue weighted by Crippen LogP contribution is -2.41. The molecule has 0 saturated carbocycles. The number of hydrogen-bond donors (Lipinski definition) is 0. The average molecular weight is 450 g/mol. The Hall–Kier alpha value is -4.01. The highest BCUT2D eigenvalue weighted by atomic mass is 16.6. The second-order valence-electron chi connectivity index (χ2n) is 7.36. The summed E-state index contributed by atoms with van der Waals surface area (Å²) in [6.07, 6.45) is 3.36. The van der Waals surface area contributed by atoms with Gasteiger partial charge in [-0.2, -0.15) is 5.10 Å². The fraction of sp³-hybridized carbons (Fsp3) is 0.292. The minimum absolute atomic E-state index is 0.00979. The third kappa shape index (κ3) is 5.82. The first-order valence-corrected chi connectivity index (χ1v) is 10.7. The lowest BCUT2D eigenvalue weighted by atomic mass is 9.99. The minimum Gasteiger partial charge on any atom is -0.465 e. The lowest BCUT2D eigenvalue weighted by Gasteiger charge is -2.25. The standard InChI is InChI=1S/C24H26N4O5/c1-3-27(20-11-6-5-7-12-20)23(29)21(24(30)33-4-2)14-18-15-25-26(16-18)17-19-10-8-9-13-22(19)28(31)32/h5-13,15-16,21H,3-4,14,17H2,1-2H3. The van der Waals surface area contributed by atoms with Crippen molar-refractivity contribution >= 4 is 23.3 Å². The molecule has 0 aliphatic heterocycles. The first-order valence-electron chi connectivity index (χ1n) is 10.7. The van der Waals surface area contributed by atoms with Crippen molar-refractivity contribution in [2.24, 2.45) is 5.92 Å². The molecule has 3 aromatic rings. The summed E-state index contributed by atoms with van der Waals surface area (Å²) in [5.41, 5.74) is 1.88. The molecule has 1 heterocycles. The molecule has 2 aromatic carbocycles. The van der Waals surface area contributed by atoms with Crippen LogP contribution in [0, 0.1) is 16.0 Å². The number of nitro groups is 1. The number of rotatable bonds is 10. The maximum absolute atomic E-state index is 13.3. The van der Waals surface area contributed by atoms with Crippen molar-refractivity contribution in [3.05, 3.63) is 88.2 Å². The van der Waals surface area contributed by atoms with Gasteiger partial charge >= 0.3 is 5.97 Å². The third-order valence-electron chi connectivity index (χ3n) is 5.17. The molecule has 1 aromatic heterocycles. The van der Waals surface area contributed by atoms with Gasteiger partial charge in [-0.05, 0) is 38.0 Å². The van der Waals surface area contributed by atoms with Gasteiger partial charge in [0.25, 0.3) is 5.69 Å². The Labute approximate surface area is 191 Å². The summed E-state index contributed by atoms with van der Waals surface area (Å²) in [5, 5.41) is 15.5. The van der Waals surface area contributed by atoms with Crippen LogP contribution in [0.1, 0.15) is 25.0 Å².